The molecule has 1 aliphatic rings. The van der Waals surface area contributed by atoms with Crippen LogP contribution in [0.3, 0.4) is 0 Å². The highest BCUT2D eigenvalue weighted by molar-refractivity contribution is 5.69. The molecule has 1 aliphatic carbocycles. The van der Waals surface area contributed by atoms with Gasteiger partial charge in [-0.2, -0.15) is 0 Å². The van der Waals surface area contributed by atoms with Crippen molar-refractivity contribution >= 4 is 5.97 Å². The van der Waals surface area contributed by atoms with Crippen LogP contribution < -0.4 is 0 Å². The topological polar surface area (TPSA) is 26.3 Å². The van der Waals surface area contributed by atoms with Gasteiger partial charge in [0.15, 0.2) is 0 Å². The van der Waals surface area contributed by atoms with Gasteiger partial charge in [0.25, 0.3) is 0 Å². The molecule has 0 aromatic carbocycles. The van der Waals surface area contributed by atoms with Gasteiger partial charge in [-0.3, -0.25) is 4.79 Å². The Bertz CT molecular complexity index is 139. The van der Waals surface area contributed by atoms with E-state index in [9.17, 15) is 4.79 Å². The van der Waals surface area contributed by atoms with Gasteiger partial charge in [-0.1, -0.05) is 26.2 Å². The van der Waals surface area contributed by atoms with Crippen LogP contribution in [0.4, 0.5) is 0 Å². The minimum absolute atomic E-state index is 0.00431. The van der Waals surface area contributed by atoms with Gasteiger partial charge in [0.1, 0.15) is 0 Å². The molecule has 70 valence electrons. The Hall–Kier alpha value is -0.530. The van der Waals surface area contributed by atoms with Gasteiger partial charge < -0.3 is 4.74 Å². The number of ether oxygens (including phenoxy) is 1. The monoisotopic (exact) mass is 170 g/mol. The lowest BCUT2D eigenvalue weighted by Crippen LogP contribution is -2.05. The maximum atomic E-state index is 11.0. The molecule has 0 unspecified atom stereocenters. The Morgan fingerprint density at radius 2 is 2.25 bits per heavy atom. The van der Waals surface area contributed by atoms with Crippen molar-refractivity contribution < 1.29 is 9.53 Å². The summed E-state index contributed by atoms with van der Waals surface area (Å²) in [6, 6.07) is 0. The second-order valence-corrected chi connectivity index (χ2v) is 3.56. The van der Waals surface area contributed by atoms with Crippen LogP contribution in [0.15, 0.2) is 0 Å². The minimum Gasteiger partial charge on any atom is -0.466 e. The average molecular weight is 170 g/mol. The normalized spacial score (nSPS) is 16.1. The molecule has 1 rings (SSSR count). The molecule has 0 aromatic heterocycles. The van der Waals surface area contributed by atoms with E-state index in [-0.39, 0.29) is 5.97 Å². The number of carbonyl (C=O) groups excluding carboxylic acids is 1. The quantitative estimate of drug-likeness (QED) is 0.452. The van der Waals surface area contributed by atoms with Crippen LogP contribution in [-0.2, 0) is 9.53 Å². The van der Waals surface area contributed by atoms with Crippen LogP contribution in [0.25, 0.3) is 0 Å². The minimum atomic E-state index is -0.00431. The van der Waals surface area contributed by atoms with Crippen molar-refractivity contribution in [2.24, 2.45) is 5.92 Å². The molecule has 2 nitrogen and oxygen atoms in total. The highest BCUT2D eigenvalue weighted by Gasteiger charge is 2.21. The Morgan fingerprint density at radius 1 is 1.50 bits per heavy atom. The zero-order chi connectivity index (χ0) is 8.81. The average Bonchev–Trinajstić information content (AvgIpc) is 2.84. The molecule has 12 heavy (non-hydrogen) atoms. The molecule has 0 spiro atoms. The number of unbranched alkanes of at least 4 members (excludes halogenated alkanes) is 1. The lowest BCUT2D eigenvalue weighted by atomic mass is 10.2. The molecule has 0 aliphatic heterocycles. The van der Waals surface area contributed by atoms with Crippen molar-refractivity contribution in [1.82, 2.24) is 0 Å². The molecule has 0 atom stereocenters. The van der Waals surface area contributed by atoms with E-state index in [0.717, 1.165) is 25.2 Å². The Balaban J connectivity index is 1.88. The lowest BCUT2D eigenvalue weighted by Gasteiger charge is -2.02. The summed E-state index contributed by atoms with van der Waals surface area (Å²) in [5.41, 5.74) is 0. The van der Waals surface area contributed by atoms with E-state index in [0.29, 0.717) is 13.0 Å². The van der Waals surface area contributed by atoms with Crippen molar-refractivity contribution in [1.29, 1.82) is 0 Å². The number of carbonyl (C=O) groups is 1. The Labute approximate surface area is 74.3 Å². The molecule has 2 heteroatoms. The van der Waals surface area contributed by atoms with E-state index in [1.165, 1.54) is 12.8 Å². The first-order valence-corrected chi connectivity index (χ1v) is 4.98. The van der Waals surface area contributed by atoms with Gasteiger partial charge in [0.05, 0.1) is 6.61 Å². The third kappa shape index (κ3) is 4.37. The predicted molar refractivity (Wildman–Crippen MR) is 47.8 cm³/mol. The molecule has 0 aromatic rings. The van der Waals surface area contributed by atoms with E-state index < -0.39 is 0 Å². The van der Waals surface area contributed by atoms with Crippen molar-refractivity contribution in [3.8, 4) is 0 Å². The molecule has 1 fully saturated rings. The fraction of sp³-hybridized carbons (Fsp3) is 0.900. The second kappa shape index (κ2) is 5.18. The predicted octanol–water partition coefficient (Wildman–Crippen LogP) is 2.52. The molecule has 0 radical (unpaired) electrons. The second-order valence-electron chi connectivity index (χ2n) is 3.56. The van der Waals surface area contributed by atoms with E-state index in [1.54, 1.807) is 0 Å². The number of rotatable bonds is 6. The Kier molecular flexibility index (Phi) is 4.12. The molecule has 0 bridgehead atoms. The van der Waals surface area contributed by atoms with E-state index in [4.69, 9.17) is 4.74 Å². The number of esters is 1. The molecule has 0 saturated heterocycles. The van der Waals surface area contributed by atoms with Gasteiger partial charge in [0, 0.05) is 6.42 Å². The molecular formula is C10H18O2. The fourth-order valence-electron chi connectivity index (χ4n) is 1.13. The maximum absolute atomic E-state index is 11.0. The zero-order valence-corrected chi connectivity index (χ0v) is 7.84. The summed E-state index contributed by atoms with van der Waals surface area (Å²) >= 11 is 0. The van der Waals surface area contributed by atoms with Crippen LogP contribution >= 0.6 is 0 Å². The van der Waals surface area contributed by atoms with Crippen molar-refractivity contribution in [2.75, 3.05) is 6.61 Å². The SMILES string of the molecule is CCCCOC(=O)CCC1CC1. The molecule has 0 amide bonds. The van der Waals surface area contributed by atoms with Gasteiger partial charge in [-0.25, -0.2) is 0 Å². The fourth-order valence-corrected chi connectivity index (χ4v) is 1.13. The van der Waals surface area contributed by atoms with Crippen LogP contribution in [-0.4, -0.2) is 12.6 Å². The summed E-state index contributed by atoms with van der Waals surface area (Å²) in [6.07, 6.45) is 6.41. The van der Waals surface area contributed by atoms with Crippen LogP contribution in [0.5, 0.6) is 0 Å². The van der Waals surface area contributed by atoms with E-state index in [2.05, 4.69) is 6.92 Å². The summed E-state index contributed by atoms with van der Waals surface area (Å²) in [5.74, 6) is 0.832. The zero-order valence-electron chi connectivity index (χ0n) is 7.84. The summed E-state index contributed by atoms with van der Waals surface area (Å²) in [4.78, 5) is 11.0. The smallest absolute Gasteiger partial charge is 0.305 e. The third-order valence-electron chi connectivity index (χ3n) is 2.21. The van der Waals surface area contributed by atoms with Gasteiger partial charge in [-0.15, -0.1) is 0 Å². The number of hydrogen-bond donors (Lipinski definition) is 0. The summed E-state index contributed by atoms with van der Waals surface area (Å²) in [6.45, 7) is 2.71. The van der Waals surface area contributed by atoms with E-state index in [1.807, 2.05) is 0 Å². The summed E-state index contributed by atoms with van der Waals surface area (Å²) in [7, 11) is 0. The van der Waals surface area contributed by atoms with Crippen molar-refractivity contribution in [3.63, 3.8) is 0 Å². The van der Waals surface area contributed by atoms with Crippen LogP contribution in [0, 0.1) is 5.92 Å². The van der Waals surface area contributed by atoms with Crippen LogP contribution in [0.2, 0.25) is 0 Å². The third-order valence-corrected chi connectivity index (χ3v) is 2.21. The summed E-state index contributed by atoms with van der Waals surface area (Å²) in [5, 5.41) is 0. The first-order valence-electron chi connectivity index (χ1n) is 4.98. The number of hydrogen-bond acceptors (Lipinski definition) is 2. The first kappa shape index (κ1) is 9.56. The maximum Gasteiger partial charge on any atom is 0.305 e. The lowest BCUT2D eigenvalue weighted by molar-refractivity contribution is -0.143. The van der Waals surface area contributed by atoms with Crippen LogP contribution in [0.1, 0.15) is 45.4 Å². The van der Waals surface area contributed by atoms with Gasteiger partial charge in [-0.05, 0) is 18.8 Å². The van der Waals surface area contributed by atoms with E-state index >= 15 is 0 Å². The van der Waals surface area contributed by atoms with Gasteiger partial charge >= 0.3 is 5.97 Å². The molecule has 0 N–H and O–H groups in total. The Morgan fingerprint density at radius 3 is 2.83 bits per heavy atom. The molecule has 0 heterocycles. The highest BCUT2D eigenvalue weighted by Crippen LogP contribution is 2.33. The molecular weight excluding hydrogens is 152 g/mol. The standard InChI is InChI=1S/C10H18O2/c1-2-3-8-12-10(11)7-6-9-4-5-9/h9H,2-8H2,1H3. The highest BCUT2D eigenvalue weighted by atomic mass is 16.5. The van der Waals surface area contributed by atoms with Crippen molar-refractivity contribution in [2.45, 2.75) is 45.4 Å². The van der Waals surface area contributed by atoms with Crippen molar-refractivity contribution in [3.05, 3.63) is 0 Å². The largest absolute Gasteiger partial charge is 0.466 e. The molecule has 1 saturated carbocycles. The van der Waals surface area contributed by atoms with Gasteiger partial charge in [0.2, 0.25) is 0 Å². The first-order chi connectivity index (χ1) is 5.83. The summed E-state index contributed by atoms with van der Waals surface area (Å²) < 4.78 is 5.02.